The monoisotopic (exact) mass is 453 g/mol. The lowest BCUT2D eigenvalue weighted by Gasteiger charge is -2.22. The van der Waals surface area contributed by atoms with Crippen molar-refractivity contribution in [3.05, 3.63) is 110 Å². The first-order valence-corrected chi connectivity index (χ1v) is 10.2. The standard InChI is InChI=1S/C23H17Cl2N3O3/c24-18-8-6-15(12-19(18)25)13-28(14-16-4-1-2-10-26-16)23(30)17-7-9-20(27-22(17)29)21-5-3-11-31-21/h1-12H,13-14H2,(H,27,29). The van der Waals surface area contributed by atoms with Crippen LogP contribution in [0.2, 0.25) is 10.0 Å². The van der Waals surface area contributed by atoms with Crippen molar-refractivity contribution in [2.75, 3.05) is 0 Å². The number of aromatic nitrogens is 2. The van der Waals surface area contributed by atoms with E-state index in [4.69, 9.17) is 27.6 Å². The zero-order valence-electron chi connectivity index (χ0n) is 16.2. The molecule has 1 amide bonds. The molecule has 0 aliphatic carbocycles. The van der Waals surface area contributed by atoms with Crippen molar-refractivity contribution in [1.29, 1.82) is 0 Å². The summed E-state index contributed by atoms with van der Waals surface area (Å²) < 4.78 is 5.30. The molecule has 0 bridgehead atoms. The average molecular weight is 454 g/mol. The van der Waals surface area contributed by atoms with Crippen molar-refractivity contribution < 1.29 is 9.21 Å². The Balaban J connectivity index is 1.66. The van der Waals surface area contributed by atoms with Gasteiger partial charge in [-0.05, 0) is 54.1 Å². The van der Waals surface area contributed by atoms with Crippen molar-refractivity contribution in [3.8, 4) is 11.5 Å². The number of furan rings is 1. The summed E-state index contributed by atoms with van der Waals surface area (Å²) in [5.41, 5.74) is 1.49. The number of rotatable bonds is 6. The third kappa shape index (κ3) is 4.87. The molecule has 0 saturated carbocycles. The Bertz CT molecular complexity index is 1250. The second-order valence-corrected chi connectivity index (χ2v) is 7.64. The molecule has 0 spiro atoms. The Hall–Kier alpha value is -3.35. The van der Waals surface area contributed by atoms with Gasteiger partial charge in [-0.15, -0.1) is 0 Å². The Labute approximate surface area is 188 Å². The Morgan fingerprint density at radius 2 is 1.87 bits per heavy atom. The van der Waals surface area contributed by atoms with Crippen molar-refractivity contribution in [2.24, 2.45) is 0 Å². The molecular formula is C23H17Cl2N3O3. The predicted molar refractivity (Wildman–Crippen MR) is 119 cm³/mol. The second kappa shape index (κ2) is 9.20. The van der Waals surface area contributed by atoms with Crippen LogP contribution in [0.4, 0.5) is 0 Å². The molecule has 0 fully saturated rings. The SMILES string of the molecule is O=C(c1ccc(-c2ccco2)[nH]c1=O)N(Cc1ccc(Cl)c(Cl)c1)Cc1ccccn1. The maximum Gasteiger partial charge on any atom is 0.261 e. The maximum atomic E-state index is 13.3. The number of nitrogens with zero attached hydrogens (tertiary/aromatic N) is 2. The van der Waals surface area contributed by atoms with E-state index in [1.165, 1.54) is 12.3 Å². The van der Waals surface area contributed by atoms with Crippen LogP contribution >= 0.6 is 23.2 Å². The molecule has 156 valence electrons. The van der Waals surface area contributed by atoms with Crippen molar-refractivity contribution in [1.82, 2.24) is 14.9 Å². The minimum absolute atomic E-state index is 0.0197. The van der Waals surface area contributed by atoms with Crippen molar-refractivity contribution >= 4 is 29.1 Å². The summed E-state index contributed by atoms with van der Waals surface area (Å²) in [5.74, 6) is 0.0845. The first-order chi connectivity index (χ1) is 15.0. The number of amides is 1. The van der Waals surface area contributed by atoms with E-state index in [0.717, 1.165) is 5.56 Å². The highest BCUT2D eigenvalue weighted by Crippen LogP contribution is 2.24. The lowest BCUT2D eigenvalue weighted by atomic mass is 10.1. The minimum Gasteiger partial charge on any atom is -0.463 e. The highest BCUT2D eigenvalue weighted by atomic mass is 35.5. The van der Waals surface area contributed by atoms with Gasteiger partial charge in [-0.2, -0.15) is 0 Å². The van der Waals surface area contributed by atoms with Crippen LogP contribution in [0.15, 0.2) is 82.3 Å². The molecule has 31 heavy (non-hydrogen) atoms. The summed E-state index contributed by atoms with van der Waals surface area (Å²) in [6.07, 6.45) is 3.17. The summed E-state index contributed by atoms with van der Waals surface area (Å²) in [6.45, 7) is 0.449. The molecule has 0 aliphatic heterocycles. The van der Waals surface area contributed by atoms with E-state index in [9.17, 15) is 9.59 Å². The van der Waals surface area contributed by atoms with Crippen LogP contribution in [0.5, 0.6) is 0 Å². The van der Waals surface area contributed by atoms with Crippen molar-refractivity contribution in [3.63, 3.8) is 0 Å². The fourth-order valence-electron chi connectivity index (χ4n) is 3.13. The van der Waals surface area contributed by atoms with Gasteiger partial charge in [-0.25, -0.2) is 0 Å². The van der Waals surface area contributed by atoms with Crippen molar-refractivity contribution in [2.45, 2.75) is 13.1 Å². The molecule has 3 heterocycles. The number of hydrogen-bond donors (Lipinski definition) is 1. The van der Waals surface area contributed by atoms with Crippen LogP contribution in [0, 0.1) is 0 Å². The van der Waals surface area contributed by atoms with E-state index >= 15 is 0 Å². The topological polar surface area (TPSA) is 79.2 Å². The number of hydrogen-bond acceptors (Lipinski definition) is 4. The summed E-state index contributed by atoms with van der Waals surface area (Å²) in [7, 11) is 0. The summed E-state index contributed by atoms with van der Waals surface area (Å²) in [4.78, 5) is 34.6. The van der Waals surface area contributed by atoms with Crippen LogP contribution in [0.3, 0.4) is 0 Å². The number of benzene rings is 1. The Kier molecular flexibility index (Phi) is 6.21. The van der Waals surface area contributed by atoms with E-state index in [1.807, 2.05) is 12.1 Å². The van der Waals surface area contributed by atoms with Gasteiger partial charge in [-0.1, -0.05) is 35.3 Å². The van der Waals surface area contributed by atoms with Gasteiger partial charge < -0.3 is 14.3 Å². The number of H-pyrrole nitrogens is 1. The smallest absolute Gasteiger partial charge is 0.261 e. The van der Waals surface area contributed by atoms with Gasteiger partial charge in [-0.3, -0.25) is 14.6 Å². The van der Waals surface area contributed by atoms with Crippen LogP contribution in [-0.4, -0.2) is 20.8 Å². The van der Waals surface area contributed by atoms with E-state index in [0.29, 0.717) is 27.2 Å². The molecule has 3 aromatic heterocycles. The van der Waals surface area contributed by atoms with E-state index in [-0.39, 0.29) is 18.7 Å². The zero-order valence-corrected chi connectivity index (χ0v) is 17.7. The third-order valence-corrected chi connectivity index (χ3v) is 5.39. The normalized spacial score (nSPS) is 10.8. The maximum absolute atomic E-state index is 13.3. The molecular weight excluding hydrogens is 437 g/mol. The summed E-state index contributed by atoms with van der Waals surface area (Å²) in [5, 5.41) is 0.822. The largest absolute Gasteiger partial charge is 0.463 e. The molecule has 1 N–H and O–H groups in total. The third-order valence-electron chi connectivity index (χ3n) is 4.65. The van der Waals surface area contributed by atoms with Crippen LogP contribution in [0.1, 0.15) is 21.6 Å². The summed E-state index contributed by atoms with van der Waals surface area (Å²) in [6, 6.07) is 17.2. The van der Waals surface area contributed by atoms with Crippen LogP contribution in [0.25, 0.3) is 11.5 Å². The Morgan fingerprint density at radius 3 is 2.55 bits per heavy atom. The van der Waals surface area contributed by atoms with Gasteiger partial charge in [0.1, 0.15) is 11.3 Å². The molecule has 0 atom stereocenters. The van der Waals surface area contributed by atoms with Gasteiger partial charge in [0.2, 0.25) is 0 Å². The molecule has 4 rings (SSSR count). The molecule has 0 unspecified atom stereocenters. The first kappa shape index (κ1) is 20.9. The molecule has 0 aliphatic rings. The van der Waals surface area contributed by atoms with Crippen LogP contribution in [-0.2, 0) is 13.1 Å². The highest BCUT2D eigenvalue weighted by molar-refractivity contribution is 6.42. The number of carbonyl (C=O) groups is 1. The van der Waals surface area contributed by atoms with E-state index in [2.05, 4.69) is 9.97 Å². The van der Waals surface area contributed by atoms with Gasteiger partial charge in [0.15, 0.2) is 0 Å². The van der Waals surface area contributed by atoms with Gasteiger partial charge in [0.25, 0.3) is 11.5 Å². The number of pyridine rings is 2. The molecule has 4 aromatic rings. The number of carbonyl (C=O) groups excluding carboxylic acids is 1. The van der Waals surface area contributed by atoms with E-state index in [1.54, 1.807) is 53.6 Å². The lowest BCUT2D eigenvalue weighted by molar-refractivity contribution is 0.0726. The first-order valence-electron chi connectivity index (χ1n) is 9.41. The van der Waals surface area contributed by atoms with Gasteiger partial charge in [0.05, 0.1) is 34.2 Å². The minimum atomic E-state index is -0.501. The summed E-state index contributed by atoms with van der Waals surface area (Å²) >= 11 is 12.1. The predicted octanol–water partition coefficient (Wildman–Crippen LogP) is 5.18. The van der Waals surface area contributed by atoms with E-state index < -0.39 is 11.5 Å². The second-order valence-electron chi connectivity index (χ2n) is 6.82. The molecule has 1 aromatic carbocycles. The fraction of sp³-hybridized carbons (Fsp3) is 0.0870. The number of aromatic amines is 1. The van der Waals surface area contributed by atoms with Gasteiger partial charge >= 0.3 is 0 Å². The molecule has 8 heteroatoms. The number of halogens is 2. The molecule has 0 saturated heterocycles. The average Bonchev–Trinajstić information content (AvgIpc) is 3.31. The molecule has 6 nitrogen and oxygen atoms in total. The highest BCUT2D eigenvalue weighted by Gasteiger charge is 2.21. The molecule has 0 radical (unpaired) electrons. The quantitative estimate of drug-likeness (QED) is 0.436. The van der Waals surface area contributed by atoms with Gasteiger partial charge in [0, 0.05) is 12.7 Å². The number of nitrogens with one attached hydrogen (secondary N) is 1. The Morgan fingerprint density at radius 1 is 1.00 bits per heavy atom. The fourth-order valence-corrected chi connectivity index (χ4v) is 3.45. The lowest BCUT2D eigenvalue weighted by Crippen LogP contribution is -2.34. The zero-order chi connectivity index (χ0) is 21.8. The van der Waals surface area contributed by atoms with Crippen LogP contribution < -0.4 is 5.56 Å².